The van der Waals surface area contributed by atoms with E-state index in [0.717, 1.165) is 62.3 Å². The fourth-order valence-electron chi connectivity index (χ4n) is 7.71. The molecule has 0 radical (unpaired) electrons. The molecule has 1 aromatic heterocycles. The summed E-state index contributed by atoms with van der Waals surface area (Å²) in [7, 11) is 0. The molecule has 0 atom stereocenters. The molecule has 4 nitrogen and oxygen atoms in total. The number of ether oxygens (including phenoxy) is 1. The Hall–Kier alpha value is -7.04. The normalized spacial score (nSPS) is 12.0. The summed E-state index contributed by atoms with van der Waals surface area (Å²) in [6, 6.07) is 69.1. The van der Waals surface area contributed by atoms with Crippen molar-refractivity contribution in [3.05, 3.63) is 200 Å². The highest BCUT2D eigenvalue weighted by Crippen LogP contribution is 2.50. The van der Waals surface area contributed by atoms with Crippen molar-refractivity contribution in [3.8, 4) is 28.3 Å². The van der Waals surface area contributed by atoms with Gasteiger partial charge in [-0.2, -0.15) is 0 Å². The molecule has 0 amide bonds. The maximum Gasteiger partial charge on any atom is 0.151 e. The molecule has 9 aromatic rings. The van der Waals surface area contributed by atoms with E-state index < -0.39 is 0 Å². The molecule has 1 aliphatic rings. The number of hydrogen-bond donors (Lipinski definition) is 0. The predicted octanol–water partition coefficient (Wildman–Crippen LogP) is 13.8. The van der Waals surface area contributed by atoms with Crippen molar-refractivity contribution in [2.24, 2.45) is 0 Å². The second kappa shape index (κ2) is 12.6. The lowest BCUT2D eigenvalue weighted by molar-refractivity contribution is 0.477. The van der Waals surface area contributed by atoms with Crippen LogP contribution in [0.4, 0.5) is 34.1 Å². The molecule has 0 fully saturated rings. The fraction of sp³-hybridized carbons (Fsp3) is 0.0204. The number of aromatic nitrogens is 1. The molecule has 0 N–H and O–H groups in total. The zero-order valence-corrected chi connectivity index (χ0v) is 29.2. The standard InChI is InChI=1S/C49H35N3O/c1-34-22-26-37(27-23-34)50(38-28-24-36(25-29-38)35-12-3-2-4-13-35)41-30-31-45-43(33-41)42-16-5-6-17-44(42)51(45)39-14-11-15-40(32-39)52-46-18-7-9-20-48(46)53-49-21-10-8-19-47(49)52/h2-33H,1H3. The lowest BCUT2D eigenvalue weighted by Crippen LogP contribution is -2.15. The van der Waals surface area contributed by atoms with Crippen LogP contribution in [-0.2, 0) is 0 Å². The molecule has 53 heavy (non-hydrogen) atoms. The van der Waals surface area contributed by atoms with Crippen molar-refractivity contribution in [1.82, 2.24) is 4.57 Å². The second-order valence-corrected chi connectivity index (χ2v) is 13.5. The zero-order chi connectivity index (χ0) is 35.3. The summed E-state index contributed by atoms with van der Waals surface area (Å²) in [4.78, 5) is 4.65. The van der Waals surface area contributed by atoms with Crippen molar-refractivity contribution >= 4 is 55.9 Å². The minimum absolute atomic E-state index is 0.842. The van der Waals surface area contributed by atoms with Gasteiger partial charge >= 0.3 is 0 Å². The summed E-state index contributed by atoms with van der Waals surface area (Å²) in [5, 5.41) is 2.41. The molecular formula is C49H35N3O. The van der Waals surface area contributed by atoms with Crippen LogP contribution < -0.4 is 14.5 Å². The first-order valence-corrected chi connectivity index (χ1v) is 18.0. The fourth-order valence-corrected chi connectivity index (χ4v) is 7.71. The number of hydrogen-bond acceptors (Lipinski definition) is 3. The molecule has 252 valence electrons. The van der Waals surface area contributed by atoms with E-state index in [1.807, 2.05) is 24.3 Å². The third-order valence-electron chi connectivity index (χ3n) is 10.2. The molecule has 8 aromatic carbocycles. The monoisotopic (exact) mass is 681 g/mol. The summed E-state index contributed by atoms with van der Waals surface area (Å²) in [6.45, 7) is 2.13. The Morgan fingerprint density at radius 3 is 1.72 bits per heavy atom. The lowest BCUT2D eigenvalue weighted by Gasteiger charge is -2.33. The Morgan fingerprint density at radius 2 is 0.981 bits per heavy atom. The summed E-state index contributed by atoms with van der Waals surface area (Å²) in [5.74, 6) is 1.68. The first-order chi connectivity index (χ1) is 26.2. The van der Waals surface area contributed by atoms with Gasteiger partial charge in [-0.25, -0.2) is 0 Å². The molecule has 4 heteroatoms. The van der Waals surface area contributed by atoms with E-state index >= 15 is 0 Å². The van der Waals surface area contributed by atoms with Crippen molar-refractivity contribution in [1.29, 1.82) is 0 Å². The Labute approximate surface area is 309 Å². The molecule has 2 heterocycles. The average molecular weight is 682 g/mol. The molecule has 0 unspecified atom stereocenters. The Bertz CT molecular complexity index is 2720. The van der Waals surface area contributed by atoms with Crippen LogP contribution in [0.15, 0.2) is 194 Å². The SMILES string of the molecule is Cc1ccc(N(c2ccc(-c3ccccc3)cc2)c2ccc3c(c2)c2ccccc2n3-c2cccc(N3c4ccccc4Oc4ccccc43)c2)cc1. The van der Waals surface area contributed by atoms with E-state index in [9.17, 15) is 0 Å². The number of fused-ring (bicyclic) bond motifs is 5. The Morgan fingerprint density at radius 1 is 0.415 bits per heavy atom. The molecule has 0 bridgehead atoms. The Kier molecular flexibility index (Phi) is 7.33. The van der Waals surface area contributed by atoms with Crippen LogP contribution in [0, 0.1) is 6.92 Å². The van der Waals surface area contributed by atoms with Gasteiger partial charge in [0.2, 0.25) is 0 Å². The number of benzene rings is 8. The summed E-state index contributed by atoms with van der Waals surface area (Å²) >= 11 is 0. The van der Waals surface area contributed by atoms with Gasteiger partial charge in [0.15, 0.2) is 11.5 Å². The maximum atomic E-state index is 6.32. The van der Waals surface area contributed by atoms with Gasteiger partial charge in [-0.15, -0.1) is 0 Å². The summed E-state index contributed by atoms with van der Waals surface area (Å²) in [5.41, 5.74) is 13.5. The number of nitrogens with zero attached hydrogens (tertiary/aromatic N) is 3. The van der Waals surface area contributed by atoms with Crippen LogP contribution in [0.25, 0.3) is 38.6 Å². The van der Waals surface area contributed by atoms with Crippen molar-refractivity contribution in [3.63, 3.8) is 0 Å². The molecule has 0 saturated carbocycles. The van der Waals surface area contributed by atoms with E-state index in [4.69, 9.17) is 4.74 Å². The number of anilines is 6. The van der Waals surface area contributed by atoms with Crippen LogP contribution in [0.5, 0.6) is 11.5 Å². The van der Waals surface area contributed by atoms with Crippen molar-refractivity contribution in [2.75, 3.05) is 9.80 Å². The van der Waals surface area contributed by atoms with E-state index in [1.165, 1.54) is 27.5 Å². The minimum Gasteiger partial charge on any atom is -0.453 e. The predicted molar refractivity (Wildman–Crippen MR) is 220 cm³/mol. The van der Waals surface area contributed by atoms with Gasteiger partial charge in [0.05, 0.1) is 22.4 Å². The summed E-state index contributed by atoms with van der Waals surface area (Å²) in [6.07, 6.45) is 0. The molecule has 10 rings (SSSR count). The van der Waals surface area contributed by atoms with Gasteiger partial charge in [-0.3, -0.25) is 0 Å². The second-order valence-electron chi connectivity index (χ2n) is 13.5. The number of para-hydroxylation sites is 5. The first-order valence-electron chi connectivity index (χ1n) is 18.0. The van der Waals surface area contributed by atoms with Gasteiger partial charge in [0, 0.05) is 39.2 Å². The van der Waals surface area contributed by atoms with Gasteiger partial charge in [-0.1, -0.05) is 109 Å². The highest BCUT2D eigenvalue weighted by Gasteiger charge is 2.26. The highest BCUT2D eigenvalue weighted by molar-refractivity contribution is 6.10. The van der Waals surface area contributed by atoms with Gasteiger partial charge in [-0.05, 0) is 109 Å². The average Bonchev–Trinajstić information content (AvgIpc) is 3.55. The van der Waals surface area contributed by atoms with Crippen LogP contribution in [0.2, 0.25) is 0 Å². The number of aryl methyl sites for hydroxylation is 1. The Balaban J connectivity index is 1.12. The van der Waals surface area contributed by atoms with Crippen LogP contribution in [0.1, 0.15) is 5.56 Å². The van der Waals surface area contributed by atoms with Gasteiger partial charge in [0.25, 0.3) is 0 Å². The topological polar surface area (TPSA) is 20.6 Å². The third kappa shape index (κ3) is 5.31. The van der Waals surface area contributed by atoms with Gasteiger partial charge < -0.3 is 19.1 Å². The molecular weight excluding hydrogens is 647 g/mol. The van der Waals surface area contributed by atoms with E-state index in [2.05, 4.69) is 191 Å². The van der Waals surface area contributed by atoms with E-state index in [1.54, 1.807) is 0 Å². The number of rotatable bonds is 6. The zero-order valence-electron chi connectivity index (χ0n) is 29.2. The van der Waals surface area contributed by atoms with Gasteiger partial charge in [0.1, 0.15) is 0 Å². The highest BCUT2D eigenvalue weighted by atomic mass is 16.5. The van der Waals surface area contributed by atoms with Crippen molar-refractivity contribution < 1.29 is 4.74 Å². The molecule has 0 saturated heterocycles. The van der Waals surface area contributed by atoms with Crippen molar-refractivity contribution in [2.45, 2.75) is 6.92 Å². The molecule has 1 aliphatic heterocycles. The molecule has 0 spiro atoms. The third-order valence-corrected chi connectivity index (χ3v) is 10.2. The van der Waals surface area contributed by atoms with Crippen LogP contribution in [0.3, 0.4) is 0 Å². The lowest BCUT2D eigenvalue weighted by atomic mass is 10.0. The van der Waals surface area contributed by atoms with Crippen LogP contribution in [-0.4, -0.2) is 4.57 Å². The maximum absolute atomic E-state index is 6.32. The summed E-state index contributed by atoms with van der Waals surface area (Å²) < 4.78 is 8.71. The first kappa shape index (κ1) is 30.8. The van der Waals surface area contributed by atoms with Crippen LogP contribution >= 0.6 is 0 Å². The smallest absolute Gasteiger partial charge is 0.151 e. The minimum atomic E-state index is 0.842. The van der Waals surface area contributed by atoms with E-state index in [0.29, 0.717) is 0 Å². The largest absolute Gasteiger partial charge is 0.453 e. The quantitative estimate of drug-likeness (QED) is 0.174. The van der Waals surface area contributed by atoms with E-state index in [-0.39, 0.29) is 0 Å². The molecule has 0 aliphatic carbocycles.